The van der Waals surface area contributed by atoms with Gasteiger partial charge in [-0.1, -0.05) is 30.0 Å². The molecule has 1 heterocycles. The molecule has 0 aliphatic rings. The number of carbonyl (C=O) groups is 1. The van der Waals surface area contributed by atoms with E-state index in [1.807, 2.05) is 30.3 Å². The third-order valence-electron chi connectivity index (χ3n) is 3.34. The van der Waals surface area contributed by atoms with Crippen molar-refractivity contribution in [2.45, 2.75) is 5.16 Å². The summed E-state index contributed by atoms with van der Waals surface area (Å²) in [7, 11) is 0. The number of nitrogens with one attached hydrogen (secondary N) is 1. The van der Waals surface area contributed by atoms with Crippen molar-refractivity contribution in [2.75, 3.05) is 11.1 Å². The van der Waals surface area contributed by atoms with E-state index in [0.29, 0.717) is 5.16 Å². The van der Waals surface area contributed by atoms with E-state index in [1.54, 1.807) is 29.1 Å². The highest BCUT2D eigenvalue weighted by Crippen LogP contribution is 2.22. The molecule has 1 amide bonds. The van der Waals surface area contributed by atoms with Gasteiger partial charge in [-0.2, -0.15) is 0 Å². The van der Waals surface area contributed by atoms with Gasteiger partial charge in [0.2, 0.25) is 5.91 Å². The number of thioether (sulfide) groups is 1. The lowest BCUT2D eigenvalue weighted by Crippen LogP contribution is -2.14. The Labute approximate surface area is 147 Å². The summed E-state index contributed by atoms with van der Waals surface area (Å²) >= 11 is 1.29. The number of nitrogens with zero attached hydrogens (tertiary/aromatic N) is 3. The number of imidazole rings is 1. The van der Waals surface area contributed by atoms with Gasteiger partial charge in [0, 0.05) is 35.9 Å². The molecule has 126 valence electrons. The Hall–Kier alpha value is -3.13. The molecule has 1 aromatic heterocycles. The molecule has 3 rings (SSSR count). The Kier molecular flexibility index (Phi) is 5.10. The highest BCUT2D eigenvalue weighted by atomic mass is 32.2. The van der Waals surface area contributed by atoms with E-state index < -0.39 is 4.92 Å². The van der Waals surface area contributed by atoms with E-state index in [-0.39, 0.29) is 17.3 Å². The van der Waals surface area contributed by atoms with Crippen molar-refractivity contribution in [1.29, 1.82) is 0 Å². The van der Waals surface area contributed by atoms with E-state index in [1.165, 1.54) is 23.9 Å². The predicted molar refractivity (Wildman–Crippen MR) is 96.0 cm³/mol. The van der Waals surface area contributed by atoms with E-state index in [9.17, 15) is 14.9 Å². The van der Waals surface area contributed by atoms with Gasteiger partial charge in [-0.05, 0) is 24.3 Å². The van der Waals surface area contributed by atoms with Crippen LogP contribution in [-0.4, -0.2) is 26.1 Å². The fraction of sp³-hybridized carbons (Fsp3) is 0.0588. The van der Waals surface area contributed by atoms with E-state index >= 15 is 0 Å². The third kappa shape index (κ3) is 4.24. The maximum Gasteiger partial charge on any atom is 0.269 e. The van der Waals surface area contributed by atoms with Crippen molar-refractivity contribution in [3.63, 3.8) is 0 Å². The fourth-order valence-corrected chi connectivity index (χ4v) is 2.95. The molecule has 1 N–H and O–H groups in total. The third-order valence-corrected chi connectivity index (χ3v) is 4.30. The van der Waals surface area contributed by atoms with Crippen LogP contribution >= 0.6 is 11.8 Å². The second kappa shape index (κ2) is 7.63. The Bertz CT molecular complexity index is 878. The topological polar surface area (TPSA) is 90.1 Å². The molecule has 0 aliphatic carbocycles. The Balaban J connectivity index is 1.65. The summed E-state index contributed by atoms with van der Waals surface area (Å²) in [6.07, 6.45) is 3.37. The van der Waals surface area contributed by atoms with Crippen LogP contribution in [0.15, 0.2) is 72.1 Å². The molecule has 7 nitrogen and oxygen atoms in total. The molecule has 2 aromatic carbocycles. The minimum atomic E-state index is -0.443. The first kappa shape index (κ1) is 16.7. The Morgan fingerprint density at radius 1 is 1.16 bits per heavy atom. The normalized spacial score (nSPS) is 10.4. The minimum absolute atomic E-state index is 0.0281. The lowest BCUT2D eigenvalue weighted by molar-refractivity contribution is -0.384. The highest BCUT2D eigenvalue weighted by Gasteiger charge is 2.11. The number of carbonyl (C=O) groups excluding carboxylic acids is 1. The average molecular weight is 354 g/mol. The van der Waals surface area contributed by atoms with Gasteiger partial charge in [-0.25, -0.2) is 4.98 Å². The molecule has 0 unspecified atom stereocenters. The Morgan fingerprint density at radius 2 is 1.88 bits per heavy atom. The van der Waals surface area contributed by atoms with Crippen molar-refractivity contribution in [3.05, 3.63) is 77.1 Å². The molecule has 8 heteroatoms. The molecule has 0 atom stereocenters. The predicted octanol–water partition coefficient (Wildman–Crippen LogP) is 3.51. The summed E-state index contributed by atoms with van der Waals surface area (Å²) in [4.78, 5) is 26.6. The zero-order chi connectivity index (χ0) is 17.6. The van der Waals surface area contributed by atoms with Crippen LogP contribution in [0.5, 0.6) is 0 Å². The van der Waals surface area contributed by atoms with Gasteiger partial charge in [0.05, 0.1) is 10.7 Å². The standard InChI is InChI=1S/C17H14N4O3S/c22-16(19-13-4-2-1-3-5-13)12-25-17-18-10-11-20(17)14-6-8-15(9-7-14)21(23)24/h1-11H,12H2,(H,19,22). The van der Waals surface area contributed by atoms with E-state index in [4.69, 9.17) is 0 Å². The molecular formula is C17H14N4O3S. The van der Waals surface area contributed by atoms with Crippen molar-refractivity contribution < 1.29 is 9.72 Å². The number of hydrogen-bond donors (Lipinski definition) is 1. The second-order valence-electron chi connectivity index (χ2n) is 5.06. The van der Waals surface area contributed by atoms with Crippen molar-refractivity contribution >= 4 is 29.0 Å². The molecule has 3 aromatic rings. The van der Waals surface area contributed by atoms with Crippen LogP contribution in [-0.2, 0) is 4.79 Å². The summed E-state index contributed by atoms with van der Waals surface area (Å²) in [5.74, 6) is 0.0771. The maximum absolute atomic E-state index is 12.0. The summed E-state index contributed by atoms with van der Waals surface area (Å²) in [6, 6.07) is 15.4. The molecule has 0 spiro atoms. The number of hydrogen-bond acceptors (Lipinski definition) is 5. The zero-order valence-electron chi connectivity index (χ0n) is 13.0. The number of non-ortho nitro benzene ring substituents is 1. The smallest absolute Gasteiger partial charge is 0.269 e. The van der Waals surface area contributed by atoms with Crippen LogP contribution in [0.2, 0.25) is 0 Å². The number of amides is 1. The minimum Gasteiger partial charge on any atom is -0.325 e. The van der Waals surface area contributed by atoms with Gasteiger partial charge >= 0.3 is 0 Å². The highest BCUT2D eigenvalue weighted by molar-refractivity contribution is 7.99. The van der Waals surface area contributed by atoms with E-state index in [2.05, 4.69) is 10.3 Å². The second-order valence-corrected chi connectivity index (χ2v) is 6.00. The molecular weight excluding hydrogens is 340 g/mol. The van der Waals surface area contributed by atoms with Crippen LogP contribution in [0, 0.1) is 10.1 Å². The SMILES string of the molecule is O=C(CSc1nccn1-c1ccc([N+](=O)[O-])cc1)Nc1ccccc1. The van der Waals surface area contributed by atoms with Crippen LogP contribution in [0.1, 0.15) is 0 Å². The largest absolute Gasteiger partial charge is 0.325 e. The molecule has 0 aliphatic heterocycles. The number of nitro benzene ring substituents is 1. The average Bonchev–Trinajstić information content (AvgIpc) is 3.09. The summed E-state index contributed by atoms with van der Waals surface area (Å²) in [5, 5.41) is 14.2. The number of aromatic nitrogens is 2. The first-order chi connectivity index (χ1) is 12.1. The summed E-state index contributed by atoms with van der Waals surface area (Å²) in [5.41, 5.74) is 1.51. The molecule has 0 saturated heterocycles. The fourth-order valence-electron chi connectivity index (χ4n) is 2.18. The zero-order valence-corrected chi connectivity index (χ0v) is 13.8. The maximum atomic E-state index is 12.0. The molecule has 0 radical (unpaired) electrons. The van der Waals surface area contributed by atoms with Crippen LogP contribution in [0.25, 0.3) is 5.69 Å². The first-order valence-corrected chi connectivity index (χ1v) is 8.38. The molecule has 25 heavy (non-hydrogen) atoms. The number of para-hydroxylation sites is 1. The monoisotopic (exact) mass is 354 g/mol. The molecule has 0 bridgehead atoms. The van der Waals surface area contributed by atoms with Gasteiger partial charge in [0.1, 0.15) is 0 Å². The van der Waals surface area contributed by atoms with Crippen LogP contribution in [0.3, 0.4) is 0 Å². The van der Waals surface area contributed by atoms with Gasteiger partial charge in [0.15, 0.2) is 5.16 Å². The van der Waals surface area contributed by atoms with Gasteiger partial charge in [0.25, 0.3) is 5.69 Å². The van der Waals surface area contributed by atoms with Gasteiger partial charge in [-0.3, -0.25) is 19.5 Å². The van der Waals surface area contributed by atoms with Crippen LogP contribution in [0.4, 0.5) is 11.4 Å². The van der Waals surface area contributed by atoms with Gasteiger partial charge in [-0.15, -0.1) is 0 Å². The lowest BCUT2D eigenvalue weighted by Gasteiger charge is -2.08. The molecule has 0 fully saturated rings. The van der Waals surface area contributed by atoms with Crippen molar-refractivity contribution in [3.8, 4) is 5.69 Å². The van der Waals surface area contributed by atoms with Crippen molar-refractivity contribution in [2.24, 2.45) is 0 Å². The number of benzene rings is 2. The molecule has 0 saturated carbocycles. The Morgan fingerprint density at radius 3 is 2.56 bits per heavy atom. The lowest BCUT2D eigenvalue weighted by atomic mass is 10.3. The van der Waals surface area contributed by atoms with Gasteiger partial charge < -0.3 is 5.32 Å². The van der Waals surface area contributed by atoms with Crippen LogP contribution < -0.4 is 5.32 Å². The first-order valence-electron chi connectivity index (χ1n) is 7.39. The quantitative estimate of drug-likeness (QED) is 0.416. The number of anilines is 1. The number of nitro groups is 1. The summed E-state index contributed by atoms with van der Waals surface area (Å²) < 4.78 is 1.78. The van der Waals surface area contributed by atoms with Crippen molar-refractivity contribution in [1.82, 2.24) is 9.55 Å². The number of rotatable bonds is 6. The van der Waals surface area contributed by atoms with E-state index in [0.717, 1.165) is 11.4 Å². The summed E-state index contributed by atoms with van der Waals surface area (Å²) in [6.45, 7) is 0.